The third-order valence-electron chi connectivity index (χ3n) is 4.36. The van der Waals surface area contributed by atoms with Crippen molar-refractivity contribution in [2.75, 3.05) is 11.9 Å². The van der Waals surface area contributed by atoms with E-state index in [1.165, 1.54) is 0 Å². The summed E-state index contributed by atoms with van der Waals surface area (Å²) in [5.41, 5.74) is -2.37. The van der Waals surface area contributed by atoms with Crippen molar-refractivity contribution in [3.8, 4) is 0 Å². The number of rotatable bonds is 11. The highest BCUT2D eigenvalue weighted by Gasteiger charge is 2.66. The summed E-state index contributed by atoms with van der Waals surface area (Å²) in [4.78, 5) is 24.4. The van der Waals surface area contributed by atoms with Gasteiger partial charge in [0, 0.05) is 17.7 Å². The molecule has 0 bridgehead atoms. The van der Waals surface area contributed by atoms with Gasteiger partial charge in [0.2, 0.25) is 0 Å². The molecule has 0 heterocycles. The van der Waals surface area contributed by atoms with Gasteiger partial charge in [-0.3, -0.25) is 4.79 Å². The van der Waals surface area contributed by atoms with Crippen LogP contribution in [0.5, 0.6) is 0 Å². The number of unbranched alkanes of at least 4 members (excludes halogenated alkanes) is 1. The molecule has 5 nitrogen and oxygen atoms in total. The van der Waals surface area contributed by atoms with Crippen molar-refractivity contribution in [1.29, 1.82) is 0 Å². The molecule has 0 saturated heterocycles. The number of carbonyl (C=O) groups excluding carboxylic acids is 2. The molecule has 1 amide bonds. The third-order valence-corrected chi connectivity index (χ3v) is 4.68. The Kier molecular flexibility index (Phi) is 9.88. The van der Waals surface area contributed by atoms with Crippen LogP contribution in [0.4, 0.5) is 49.6 Å². The number of esters is 1. The van der Waals surface area contributed by atoms with Crippen LogP contribution in [0.2, 0.25) is 0 Å². The zero-order chi connectivity index (χ0) is 28.2. The summed E-state index contributed by atoms with van der Waals surface area (Å²) < 4.78 is 141. The molecule has 0 aliphatic heterocycles. The van der Waals surface area contributed by atoms with E-state index in [2.05, 4.69) is 28.7 Å². The fourth-order valence-corrected chi connectivity index (χ4v) is 2.51. The second-order valence-electron chi connectivity index (χ2n) is 7.36. The summed E-state index contributed by atoms with van der Waals surface area (Å²) in [6.07, 6.45) is -13.6. The van der Waals surface area contributed by atoms with Crippen molar-refractivity contribution in [3.63, 3.8) is 0 Å². The number of thiol groups is 1. The number of hydrogen-bond donors (Lipinski definition) is 2. The van der Waals surface area contributed by atoms with E-state index >= 15 is 0 Å². The lowest BCUT2D eigenvalue weighted by Gasteiger charge is -2.33. The number of carbonyl (C=O) groups is 2. The van der Waals surface area contributed by atoms with Crippen molar-refractivity contribution in [3.05, 3.63) is 42.0 Å². The van der Waals surface area contributed by atoms with Gasteiger partial charge in [-0.05, 0) is 44.0 Å². The van der Waals surface area contributed by atoms with Gasteiger partial charge in [0.15, 0.2) is 0 Å². The molecule has 16 heteroatoms. The Morgan fingerprint density at radius 1 is 0.944 bits per heavy atom. The molecular weight excluding hydrogens is 540 g/mol. The maximum absolute atomic E-state index is 14.0. The van der Waals surface area contributed by atoms with Crippen LogP contribution in [0.15, 0.2) is 36.4 Å². The average molecular weight is 559 g/mol. The summed E-state index contributed by atoms with van der Waals surface area (Å²) in [6.45, 7) is 2.80. The highest BCUT2D eigenvalue weighted by molar-refractivity contribution is 7.81. The van der Waals surface area contributed by atoms with E-state index in [4.69, 9.17) is 0 Å². The minimum absolute atomic E-state index is 0.447. The predicted octanol–water partition coefficient (Wildman–Crippen LogP) is 6.37. The summed E-state index contributed by atoms with van der Waals surface area (Å²) in [5.74, 6) is -12.9. The molecule has 1 unspecified atom stereocenters. The van der Waals surface area contributed by atoms with E-state index in [-0.39, 0.29) is 0 Å². The molecule has 0 aromatic heterocycles. The lowest BCUT2D eigenvalue weighted by Crippen LogP contribution is -2.59. The second kappa shape index (κ2) is 11.3. The van der Waals surface area contributed by atoms with Gasteiger partial charge in [-0.15, -0.1) is 0 Å². The maximum atomic E-state index is 14.0. The number of benzene rings is 1. The molecule has 0 aliphatic carbocycles. The highest BCUT2D eigenvalue weighted by atomic mass is 32.1. The monoisotopic (exact) mass is 559 g/mol. The molecule has 1 atom stereocenters. The van der Waals surface area contributed by atoms with Crippen LogP contribution < -0.4 is 5.32 Å². The maximum Gasteiger partial charge on any atom is 0.466 e. The zero-order valence-corrected chi connectivity index (χ0v) is 19.1. The first-order valence-corrected chi connectivity index (χ1v) is 10.1. The summed E-state index contributed by atoms with van der Waals surface area (Å²) in [7, 11) is 0. The molecular formula is C20H19F10NO4S. The number of alkyl halides is 10. The molecule has 0 radical (unpaired) electrons. The van der Waals surface area contributed by atoms with E-state index in [0.29, 0.717) is 24.3 Å². The minimum atomic E-state index is -5.80. The molecule has 1 aromatic carbocycles. The Bertz CT molecular complexity index is 942. The Labute approximate surface area is 203 Å². The molecule has 0 saturated carbocycles. The van der Waals surface area contributed by atoms with Gasteiger partial charge in [-0.1, -0.05) is 19.2 Å². The molecule has 36 heavy (non-hydrogen) atoms. The SMILES string of the molecule is C=C(C)C(=O)OC(OCCCCC(F)(F)C(F)(F)S)(C(=O)Nc1ccc(C(F)(F)F)cc1)C(F)(F)F. The Morgan fingerprint density at radius 2 is 1.47 bits per heavy atom. The largest absolute Gasteiger partial charge is 0.466 e. The molecule has 0 fully saturated rings. The second-order valence-corrected chi connectivity index (χ2v) is 7.93. The first kappa shape index (κ1) is 31.5. The lowest BCUT2D eigenvalue weighted by molar-refractivity contribution is -0.345. The Morgan fingerprint density at radius 3 is 1.89 bits per heavy atom. The summed E-state index contributed by atoms with van der Waals surface area (Å²) in [5, 5.41) is -3.10. The smallest absolute Gasteiger partial charge is 0.412 e. The van der Waals surface area contributed by atoms with Crippen LogP contribution in [-0.2, 0) is 25.2 Å². The van der Waals surface area contributed by atoms with Crippen LogP contribution in [-0.4, -0.2) is 41.6 Å². The van der Waals surface area contributed by atoms with Gasteiger partial charge in [0.05, 0.1) is 12.2 Å². The van der Waals surface area contributed by atoms with Gasteiger partial charge in [0.25, 0.3) is 0 Å². The van der Waals surface area contributed by atoms with E-state index in [1.807, 2.05) is 0 Å². The van der Waals surface area contributed by atoms with Crippen LogP contribution in [0.3, 0.4) is 0 Å². The number of nitrogens with one attached hydrogen (secondary N) is 1. The predicted molar refractivity (Wildman–Crippen MR) is 108 cm³/mol. The Hall–Kier alpha value is -2.49. The highest BCUT2D eigenvalue weighted by Crippen LogP contribution is 2.41. The minimum Gasteiger partial charge on any atom is -0.412 e. The average Bonchev–Trinajstić information content (AvgIpc) is 2.70. The third kappa shape index (κ3) is 8.01. The summed E-state index contributed by atoms with van der Waals surface area (Å²) in [6, 6.07) is 2.12. The first-order chi connectivity index (χ1) is 16.1. The Balaban J connectivity index is 3.16. The fourth-order valence-electron chi connectivity index (χ4n) is 2.40. The van der Waals surface area contributed by atoms with Crippen molar-refractivity contribution >= 4 is 30.2 Å². The standard InChI is InChI=1S/C20H19F10NO4S/c1-11(2)14(32)35-17(19(26,27)28,34-10-4-3-9-16(21,22)20(29,30)36)15(33)31-13-7-5-12(6-8-13)18(23,24)25/h5-8,36H,1,3-4,9-10H2,2H3,(H,31,33). The van der Waals surface area contributed by atoms with Crippen LogP contribution in [0.1, 0.15) is 31.7 Å². The number of ether oxygens (including phenoxy) is 2. The van der Waals surface area contributed by atoms with Crippen LogP contribution >= 0.6 is 12.6 Å². The van der Waals surface area contributed by atoms with E-state index in [9.17, 15) is 53.5 Å². The number of anilines is 1. The lowest BCUT2D eigenvalue weighted by atomic mass is 10.1. The molecule has 204 valence electrons. The van der Waals surface area contributed by atoms with Gasteiger partial charge in [-0.2, -0.15) is 43.9 Å². The molecule has 1 rings (SSSR count). The fraction of sp³-hybridized carbons (Fsp3) is 0.500. The zero-order valence-electron chi connectivity index (χ0n) is 18.2. The van der Waals surface area contributed by atoms with Crippen LogP contribution in [0.25, 0.3) is 0 Å². The van der Waals surface area contributed by atoms with Gasteiger partial charge in [-0.25, -0.2) is 4.79 Å². The van der Waals surface area contributed by atoms with Gasteiger partial charge < -0.3 is 14.8 Å². The van der Waals surface area contributed by atoms with Crippen LogP contribution in [0, 0.1) is 0 Å². The molecule has 1 N–H and O–H groups in total. The molecule has 1 aromatic rings. The van der Waals surface area contributed by atoms with Gasteiger partial charge in [0.1, 0.15) is 0 Å². The normalized spacial score (nSPS) is 14.7. The topological polar surface area (TPSA) is 64.6 Å². The number of hydrogen-bond acceptors (Lipinski definition) is 5. The van der Waals surface area contributed by atoms with E-state index in [0.717, 1.165) is 6.92 Å². The number of amides is 1. The quantitative estimate of drug-likeness (QED) is 0.0827. The number of halogens is 10. The molecule has 0 aliphatic rings. The van der Waals surface area contributed by atoms with E-state index in [1.54, 1.807) is 5.32 Å². The summed E-state index contributed by atoms with van der Waals surface area (Å²) >= 11 is 2.45. The van der Waals surface area contributed by atoms with Gasteiger partial charge >= 0.3 is 41.2 Å². The molecule has 0 spiro atoms. The van der Waals surface area contributed by atoms with E-state index < -0.39 is 83.9 Å². The van der Waals surface area contributed by atoms with Crippen molar-refractivity contribution in [1.82, 2.24) is 0 Å². The van der Waals surface area contributed by atoms with Crippen molar-refractivity contribution < 1.29 is 63.0 Å². The van der Waals surface area contributed by atoms with Crippen molar-refractivity contribution in [2.45, 2.75) is 55.5 Å². The van der Waals surface area contributed by atoms with Crippen molar-refractivity contribution in [2.24, 2.45) is 0 Å². The first-order valence-electron chi connectivity index (χ1n) is 9.70.